The predicted molar refractivity (Wildman–Crippen MR) is 140 cm³/mol. The van der Waals surface area contributed by atoms with Crippen molar-refractivity contribution in [1.29, 1.82) is 0 Å². The van der Waals surface area contributed by atoms with Crippen molar-refractivity contribution in [2.24, 2.45) is 0 Å². The van der Waals surface area contributed by atoms with Crippen LogP contribution in [0.4, 0.5) is 0 Å². The monoisotopic (exact) mass is 504 g/mol. The zero-order valence-electron chi connectivity index (χ0n) is 19.0. The second kappa shape index (κ2) is 24.0. The van der Waals surface area contributed by atoms with E-state index in [-0.39, 0.29) is 0 Å². The maximum absolute atomic E-state index is 5.90. The molecule has 0 radical (unpaired) electrons. The molecule has 0 spiro atoms. The summed E-state index contributed by atoms with van der Waals surface area (Å²) in [5, 5.41) is 0. The molecular weight excluding hydrogens is 458 g/mol. The second-order valence-electron chi connectivity index (χ2n) is 8.83. The summed E-state index contributed by atoms with van der Waals surface area (Å²) >= 11 is 23.4. The van der Waals surface area contributed by atoms with Crippen LogP contribution in [0.1, 0.15) is 141 Å². The van der Waals surface area contributed by atoms with E-state index in [1.807, 2.05) is 0 Å². The minimum absolute atomic E-state index is 0.827. The summed E-state index contributed by atoms with van der Waals surface area (Å²) in [6.07, 6.45) is 30.4. The van der Waals surface area contributed by atoms with Crippen molar-refractivity contribution in [2.75, 3.05) is 5.88 Å². The maximum atomic E-state index is 5.90. The van der Waals surface area contributed by atoms with Gasteiger partial charge in [-0.25, -0.2) is 0 Å². The minimum atomic E-state index is -2.36. The third-order valence-electron chi connectivity index (χ3n) is 5.84. The fraction of sp³-hybridized carbons (Fsp3) is 1.00. The van der Waals surface area contributed by atoms with Crippen molar-refractivity contribution < 1.29 is 0 Å². The van der Waals surface area contributed by atoms with Crippen molar-refractivity contribution >= 4 is 50.8 Å². The smallest absolute Gasteiger partial charge is 0.127 e. The van der Waals surface area contributed by atoms with Crippen LogP contribution in [0.2, 0.25) is 6.04 Å². The van der Waals surface area contributed by atoms with E-state index in [9.17, 15) is 0 Å². The van der Waals surface area contributed by atoms with E-state index < -0.39 is 6.00 Å². The first-order valence-corrected chi connectivity index (χ1v) is 18.5. The van der Waals surface area contributed by atoms with Crippen LogP contribution in [0.5, 0.6) is 0 Å². The molecule has 5 heteroatoms. The summed E-state index contributed by atoms with van der Waals surface area (Å²) in [4.78, 5) is 0. The minimum Gasteiger partial charge on any atom is -0.127 e. The van der Waals surface area contributed by atoms with Crippen LogP contribution >= 0.6 is 44.8 Å². The SMILES string of the molecule is ClCCCCCCCCCCCCCCCCCCCCCCCC[Si](Cl)(Cl)Cl. The van der Waals surface area contributed by atoms with Gasteiger partial charge in [0.2, 0.25) is 0 Å². The van der Waals surface area contributed by atoms with Crippen LogP contribution in [0.15, 0.2) is 0 Å². The first-order chi connectivity index (χ1) is 14.1. The lowest BCUT2D eigenvalue weighted by Gasteiger charge is -2.07. The third kappa shape index (κ3) is 29.4. The Morgan fingerprint density at radius 1 is 0.310 bits per heavy atom. The van der Waals surface area contributed by atoms with Gasteiger partial charge >= 0.3 is 6.00 Å². The Bertz CT molecular complexity index is 308. The Morgan fingerprint density at radius 3 is 0.724 bits per heavy atom. The Balaban J connectivity index is 3.02. The average Bonchev–Trinajstić information content (AvgIpc) is 2.67. The Morgan fingerprint density at radius 2 is 0.517 bits per heavy atom. The van der Waals surface area contributed by atoms with E-state index in [4.69, 9.17) is 44.8 Å². The topological polar surface area (TPSA) is 0 Å². The lowest BCUT2D eigenvalue weighted by Crippen LogP contribution is -2.07. The molecular formula is C24H48Cl4Si. The molecule has 0 heterocycles. The normalized spacial score (nSPS) is 12.0. The lowest BCUT2D eigenvalue weighted by molar-refractivity contribution is 0.520. The second-order valence-corrected chi connectivity index (χ2v) is 18.5. The van der Waals surface area contributed by atoms with Crippen LogP contribution in [0, 0.1) is 0 Å². The molecule has 176 valence electrons. The number of halogens is 4. The van der Waals surface area contributed by atoms with Crippen molar-refractivity contribution in [3.63, 3.8) is 0 Å². The van der Waals surface area contributed by atoms with Gasteiger partial charge in [0, 0.05) is 5.88 Å². The molecule has 0 unspecified atom stereocenters. The number of unbranched alkanes of at least 4 members (excludes halogenated alkanes) is 21. The number of hydrogen-bond donors (Lipinski definition) is 0. The fourth-order valence-electron chi connectivity index (χ4n) is 3.96. The molecule has 0 aliphatic heterocycles. The number of alkyl halides is 1. The highest BCUT2D eigenvalue weighted by atomic mass is 35.8. The van der Waals surface area contributed by atoms with Crippen molar-refractivity contribution in [2.45, 2.75) is 147 Å². The molecule has 0 aliphatic rings. The standard InChI is InChI=1S/C24H48Cl4Si/c25-23-21-19-17-15-13-11-9-7-5-3-1-2-4-6-8-10-12-14-16-18-20-22-24-29(26,27)28/h1-24H2. The summed E-state index contributed by atoms with van der Waals surface area (Å²) in [5.41, 5.74) is 0. The number of rotatable bonds is 24. The lowest BCUT2D eigenvalue weighted by atomic mass is 10.0. The zero-order valence-corrected chi connectivity index (χ0v) is 23.0. The van der Waals surface area contributed by atoms with Gasteiger partial charge in [0.05, 0.1) is 0 Å². The van der Waals surface area contributed by atoms with Crippen LogP contribution in [0.25, 0.3) is 0 Å². The molecule has 0 bridgehead atoms. The van der Waals surface area contributed by atoms with E-state index >= 15 is 0 Å². The first kappa shape index (κ1) is 30.4. The highest BCUT2D eigenvalue weighted by Crippen LogP contribution is 2.27. The van der Waals surface area contributed by atoms with E-state index in [1.54, 1.807) is 0 Å². The highest BCUT2D eigenvalue weighted by molar-refractivity contribution is 7.64. The van der Waals surface area contributed by atoms with Gasteiger partial charge in [-0.1, -0.05) is 135 Å². The first-order valence-electron chi connectivity index (χ1n) is 12.7. The largest absolute Gasteiger partial charge is 0.341 e. The third-order valence-corrected chi connectivity index (χ3v) is 8.73. The van der Waals surface area contributed by atoms with E-state index in [0.717, 1.165) is 18.3 Å². The van der Waals surface area contributed by atoms with E-state index in [1.165, 1.54) is 135 Å². The molecule has 0 rings (SSSR count). The zero-order chi connectivity index (χ0) is 21.5. The molecule has 0 saturated carbocycles. The van der Waals surface area contributed by atoms with Gasteiger partial charge in [-0.15, -0.1) is 44.8 Å². The summed E-state index contributed by atoms with van der Waals surface area (Å²) in [6, 6.07) is -1.53. The van der Waals surface area contributed by atoms with Gasteiger partial charge in [-0.3, -0.25) is 0 Å². The Hall–Kier alpha value is 1.38. The molecule has 0 fully saturated rings. The molecule has 0 N–H and O–H groups in total. The van der Waals surface area contributed by atoms with Crippen molar-refractivity contribution in [3.8, 4) is 0 Å². The van der Waals surface area contributed by atoms with Crippen molar-refractivity contribution in [1.82, 2.24) is 0 Å². The fourth-order valence-corrected chi connectivity index (χ4v) is 6.00. The van der Waals surface area contributed by atoms with Gasteiger partial charge in [0.15, 0.2) is 0 Å². The van der Waals surface area contributed by atoms with Gasteiger partial charge in [-0.2, -0.15) is 0 Å². The summed E-state index contributed by atoms with van der Waals surface area (Å²) in [6.45, 7) is 0. The molecule has 29 heavy (non-hydrogen) atoms. The molecule has 0 aromatic rings. The summed E-state index contributed by atoms with van der Waals surface area (Å²) < 4.78 is 0. The van der Waals surface area contributed by atoms with Crippen LogP contribution < -0.4 is 0 Å². The highest BCUT2D eigenvalue weighted by Gasteiger charge is 2.23. The van der Waals surface area contributed by atoms with Gasteiger partial charge in [0.25, 0.3) is 0 Å². The molecule has 0 atom stereocenters. The molecule has 0 aromatic carbocycles. The van der Waals surface area contributed by atoms with E-state index in [2.05, 4.69) is 0 Å². The summed E-state index contributed by atoms with van der Waals surface area (Å²) in [5.74, 6) is 0.837. The molecule has 0 aromatic heterocycles. The molecule has 0 nitrogen and oxygen atoms in total. The summed E-state index contributed by atoms with van der Waals surface area (Å²) in [7, 11) is 0. The van der Waals surface area contributed by atoms with Crippen LogP contribution in [0.3, 0.4) is 0 Å². The maximum Gasteiger partial charge on any atom is 0.341 e. The quantitative estimate of drug-likeness (QED) is 0.0528. The Kier molecular flexibility index (Phi) is 25.2. The number of hydrogen-bond acceptors (Lipinski definition) is 0. The molecule has 0 saturated heterocycles. The van der Waals surface area contributed by atoms with Crippen molar-refractivity contribution in [3.05, 3.63) is 0 Å². The van der Waals surface area contributed by atoms with E-state index in [0.29, 0.717) is 0 Å². The van der Waals surface area contributed by atoms with Crippen LogP contribution in [-0.4, -0.2) is 11.9 Å². The average molecular weight is 507 g/mol. The molecule has 0 amide bonds. The van der Waals surface area contributed by atoms with Gasteiger partial charge < -0.3 is 0 Å². The van der Waals surface area contributed by atoms with Crippen LogP contribution in [-0.2, 0) is 0 Å². The van der Waals surface area contributed by atoms with Gasteiger partial charge in [0.1, 0.15) is 0 Å². The molecule has 0 aliphatic carbocycles. The predicted octanol–water partition coefficient (Wildman–Crippen LogP) is 11.5. The Labute approximate surface area is 203 Å². The van der Waals surface area contributed by atoms with Gasteiger partial charge in [-0.05, 0) is 12.5 Å².